The molecule has 0 atom stereocenters. The van der Waals surface area contributed by atoms with Crippen molar-refractivity contribution in [3.8, 4) is 0 Å². The largest absolute Gasteiger partial charge is 0.392 e. The number of anilines is 1. The molecule has 19 heavy (non-hydrogen) atoms. The number of aliphatic hydroxyl groups excluding tert-OH is 1. The summed E-state index contributed by atoms with van der Waals surface area (Å²) in [5.41, 5.74) is 1.16. The molecule has 104 valence electrons. The summed E-state index contributed by atoms with van der Waals surface area (Å²) in [5.74, 6) is 0.383. The summed E-state index contributed by atoms with van der Waals surface area (Å²) in [5, 5.41) is 9.35. The Hall–Kier alpha value is -1.16. The van der Waals surface area contributed by atoms with E-state index in [1.54, 1.807) is 0 Å². The first-order chi connectivity index (χ1) is 9.22. The van der Waals surface area contributed by atoms with Crippen molar-refractivity contribution >= 4 is 5.82 Å². The van der Waals surface area contributed by atoms with E-state index in [1.807, 2.05) is 0 Å². The van der Waals surface area contributed by atoms with Crippen molar-refractivity contribution in [3.63, 3.8) is 0 Å². The molecule has 1 aliphatic carbocycles. The molecular weight excluding hydrogens is 243 g/mol. The van der Waals surface area contributed by atoms with Crippen LogP contribution in [0.1, 0.15) is 44.1 Å². The Labute approximate surface area is 113 Å². The SMILES string of the molecule is OCc1cc(F)cnc1N1CCC2(CCCC2)CC1. The van der Waals surface area contributed by atoms with Crippen LogP contribution in [-0.4, -0.2) is 23.2 Å². The quantitative estimate of drug-likeness (QED) is 0.892. The van der Waals surface area contributed by atoms with Crippen molar-refractivity contribution in [2.75, 3.05) is 18.0 Å². The van der Waals surface area contributed by atoms with Crippen molar-refractivity contribution in [1.29, 1.82) is 0 Å². The Morgan fingerprint density at radius 1 is 1.21 bits per heavy atom. The molecule has 0 amide bonds. The molecule has 1 saturated carbocycles. The Morgan fingerprint density at radius 3 is 2.53 bits per heavy atom. The van der Waals surface area contributed by atoms with Crippen LogP contribution >= 0.6 is 0 Å². The van der Waals surface area contributed by atoms with Gasteiger partial charge in [-0.3, -0.25) is 0 Å². The van der Waals surface area contributed by atoms with Crippen LogP contribution in [0.25, 0.3) is 0 Å². The maximum absolute atomic E-state index is 13.1. The first kappa shape index (κ1) is 12.9. The molecule has 2 fully saturated rings. The van der Waals surface area contributed by atoms with Gasteiger partial charge in [0.15, 0.2) is 0 Å². The lowest BCUT2D eigenvalue weighted by molar-refractivity contribution is 0.225. The topological polar surface area (TPSA) is 36.4 Å². The van der Waals surface area contributed by atoms with Crippen LogP contribution in [0, 0.1) is 11.2 Å². The van der Waals surface area contributed by atoms with Crippen molar-refractivity contribution in [2.45, 2.75) is 45.1 Å². The zero-order chi connectivity index (χ0) is 13.3. The molecular formula is C15H21FN2O. The first-order valence-electron chi connectivity index (χ1n) is 7.23. The maximum Gasteiger partial charge on any atom is 0.142 e. The van der Waals surface area contributed by atoms with Crippen LogP contribution in [0.5, 0.6) is 0 Å². The van der Waals surface area contributed by atoms with Gasteiger partial charge in [0.05, 0.1) is 12.8 Å². The Bertz CT molecular complexity index is 447. The number of hydrogen-bond donors (Lipinski definition) is 1. The van der Waals surface area contributed by atoms with E-state index >= 15 is 0 Å². The third kappa shape index (κ3) is 2.46. The van der Waals surface area contributed by atoms with Gasteiger partial charge in [0, 0.05) is 18.7 Å². The molecule has 0 aromatic carbocycles. The molecule has 4 heteroatoms. The van der Waals surface area contributed by atoms with Crippen LogP contribution in [-0.2, 0) is 6.61 Å². The molecule has 1 spiro atoms. The Balaban J connectivity index is 1.74. The summed E-state index contributed by atoms with van der Waals surface area (Å²) in [6.45, 7) is 1.80. The maximum atomic E-state index is 13.1. The average molecular weight is 264 g/mol. The van der Waals surface area contributed by atoms with E-state index in [9.17, 15) is 9.50 Å². The van der Waals surface area contributed by atoms with Gasteiger partial charge in [0.25, 0.3) is 0 Å². The van der Waals surface area contributed by atoms with Crippen molar-refractivity contribution in [1.82, 2.24) is 4.98 Å². The molecule has 3 rings (SSSR count). The van der Waals surface area contributed by atoms with Gasteiger partial charge in [-0.15, -0.1) is 0 Å². The van der Waals surface area contributed by atoms with E-state index in [2.05, 4.69) is 9.88 Å². The fourth-order valence-electron chi connectivity index (χ4n) is 3.69. The van der Waals surface area contributed by atoms with Crippen molar-refractivity contribution < 1.29 is 9.50 Å². The van der Waals surface area contributed by atoms with Crippen LogP contribution in [0.2, 0.25) is 0 Å². The van der Waals surface area contributed by atoms with Crippen LogP contribution in [0.15, 0.2) is 12.3 Å². The normalized spacial score (nSPS) is 22.1. The second-order valence-electron chi connectivity index (χ2n) is 5.99. The first-order valence-corrected chi connectivity index (χ1v) is 7.23. The lowest BCUT2D eigenvalue weighted by atomic mass is 9.77. The van der Waals surface area contributed by atoms with Crippen LogP contribution in [0.3, 0.4) is 0 Å². The summed E-state index contributed by atoms with van der Waals surface area (Å²) in [6, 6.07) is 1.39. The molecule has 0 bridgehead atoms. The molecule has 3 nitrogen and oxygen atoms in total. The molecule has 2 aliphatic rings. The summed E-state index contributed by atoms with van der Waals surface area (Å²) in [4.78, 5) is 6.38. The fourth-order valence-corrected chi connectivity index (χ4v) is 3.69. The van der Waals surface area contributed by atoms with Gasteiger partial charge in [0.2, 0.25) is 0 Å². The van der Waals surface area contributed by atoms with Gasteiger partial charge in [-0.2, -0.15) is 0 Å². The highest BCUT2D eigenvalue weighted by atomic mass is 19.1. The van der Waals surface area contributed by atoms with E-state index in [-0.39, 0.29) is 12.4 Å². The van der Waals surface area contributed by atoms with E-state index < -0.39 is 0 Å². The van der Waals surface area contributed by atoms with Gasteiger partial charge in [-0.05, 0) is 37.2 Å². The van der Waals surface area contributed by atoms with E-state index in [0.29, 0.717) is 11.0 Å². The molecule has 1 aliphatic heterocycles. The summed E-state index contributed by atoms with van der Waals surface area (Å²) in [6.07, 6.45) is 9.13. The molecule has 1 saturated heterocycles. The highest BCUT2D eigenvalue weighted by molar-refractivity contribution is 5.47. The second-order valence-corrected chi connectivity index (χ2v) is 5.99. The van der Waals surface area contributed by atoms with Crippen molar-refractivity contribution in [2.24, 2.45) is 5.41 Å². The third-order valence-corrected chi connectivity index (χ3v) is 4.87. The van der Waals surface area contributed by atoms with Gasteiger partial charge in [-0.25, -0.2) is 9.37 Å². The Kier molecular flexibility index (Phi) is 3.44. The molecule has 0 radical (unpaired) electrons. The molecule has 2 heterocycles. The smallest absolute Gasteiger partial charge is 0.142 e. The van der Waals surface area contributed by atoms with Gasteiger partial charge >= 0.3 is 0 Å². The fraction of sp³-hybridized carbons (Fsp3) is 0.667. The standard InChI is InChI=1S/C15H21FN2O/c16-13-9-12(11-19)14(17-10-13)18-7-5-15(6-8-18)3-1-2-4-15/h9-10,19H,1-8,11H2. The summed E-state index contributed by atoms with van der Waals surface area (Å²) < 4.78 is 13.1. The molecule has 0 unspecified atom stereocenters. The van der Waals surface area contributed by atoms with Crippen LogP contribution in [0.4, 0.5) is 10.2 Å². The van der Waals surface area contributed by atoms with Crippen LogP contribution < -0.4 is 4.90 Å². The number of aromatic nitrogens is 1. The molecule has 1 N–H and O–H groups in total. The Morgan fingerprint density at radius 2 is 1.89 bits per heavy atom. The van der Waals surface area contributed by atoms with E-state index in [0.717, 1.165) is 18.9 Å². The molecule has 1 aromatic heterocycles. The summed E-state index contributed by atoms with van der Waals surface area (Å²) in [7, 11) is 0. The number of piperidine rings is 1. The van der Waals surface area contributed by atoms with E-state index in [1.165, 1.54) is 50.8 Å². The predicted molar refractivity (Wildman–Crippen MR) is 72.5 cm³/mol. The third-order valence-electron chi connectivity index (χ3n) is 4.87. The monoisotopic (exact) mass is 264 g/mol. The van der Waals surface area contributed by atoms with Crippen molar-refractivity contribution in [3.05, 3.63) is 23.6 Å². The number of pyridine rings is 1. The molecule has 1 aromatic rings. The average Bonchev–Trinajstić information content (AvgIpc) is 2.88. The number of nitrogens with zero attached hydrogens (tertiary/aromatic N) is 2. The number of rotatable bonds is 2. The van der Waals surface area contributed by atoms with E-state index in [4.69, 9.17) is 0 Å². The van der Waals surface area contributed by atoms with Gasteiger partial charge in [-0.1, -0.05) is 12.8 Å². The minimum absolute atomic E-state index is 0.151. The van der Waals surface area contributed by atoms with Gasteiger partial charge in [0.1, 0.15) is 11.6 Å². The summed E-state index contributed by atoms with van der Waals surface area (Å²) >= 11 is 0. The zero-order valence-corrected chi connectivity index (χ0v) is 11.2. The lowest BCUT2D eigenvalue weighted by Crippen LogP contribution is -2.39. The second kappa shape index (κ2) is 5.08. The lowest BCUT2D eigenvalue weighted by Gasteiger charge is -2.40. The van der Waals surface area contributed by atoms with Gasteiger partial charge < -0.3 is 10.0 Å². The number of aliphatic hydroxyl groups is 1. The minimum atomic E-state index is -0.378. The number of hydrogen-bond acceptors (Lipinski definition) is 3. The highest BCUT2D eigenvalue weighted by Crippen LogP contribution is 2.46. The minimum Gasteiger partial charge on any atom is -0.392 e. The predicted octanol–water partition coefficient (Wildman–Crippen LogP) is 2.87. The zero-order valence-electron chi connectivity index (χ0n) is 11.2. The number of halogens is 1. The highest BCUT2D eigenvalue weighted by Gasteiger charge is 2.37.